The summed E-state index contributed by atoms with van der Waals surface area (Å²) in [6.07, 6.45) is 2.23. The average Bonchev–Trinajstić information content (AvgIpc) is 2.86. The predicted octanol–water partition coefficient (Wildman–Crippen LogP) is 3.91. The van der Waals surface area contributed by atoms with Crippen LogP contribution in [0.5, 0.6) is 5.75 Å². The van der Waals surface area contributed by atoms with Crippen LogP contribution in [0.2, 0.25) is 0 Å². The number of hydrogen-bond acceptors (Lipinski definition) is 5. The molecule has 31 heavy (non-hydrogen) atoms. The van der Waals surface area contributed by atoms with Crippen molar-refractivity contribution in [2.45, 2.75) is 32.9 Å². The van der Waals surface area contributed by atoms with Gasteiger partial charge in [0, 0.05) is 32.7 Å². The number of aliphatic hydroxyl groups is 2. The summed E-state index contributed by atoms with van der Waals surface area (Å²) in [5.74, 6) is 0.762. The minimum atomic E-state index is 0.363. The zero-order chi connectivity index (χ0) is 23.1. The second-order valence-electron chi connectivity index (χ2n) is 6.56. The first-order valence-corrected chi connectivity index (χ1v) is 10.2. The number of aryl methyl sites for hydroxylation is 1. The van der Waals surface area contributed by atoms with E-state index < -0.39 is 0 Å². The average molecular weight is 424 g/mol. The molecule has 0 saturated carbocycles. The summed E-state index contributed by atoms with van der Waals surface area (Å²) >= 11 is 0. The molecule has 0 aromatic heterocycles. The molecular formula is C26H33NO4. The SMILES string of the molecule is CCc1cc(COc2ccccc2CC=O)cc(-c2cccc(CN)c2)c1.CO.CO. The van der Waals surface area contributed by atoms with Crippen molar-refractivity contribution in [3.63, 3.8) is 0 Å². The van der Waals surface area contributed by atoms with Crippen LogP contribution in [-0.4, -0.2) is 30.7 Å². The fourth-order valence-corrected chi connectivity index (χ4v) is 3.16. The highest BCUT2D eigenvalue weighted by atomic mass is 16.5. The number of rotatable bonds is 8. The van der Waals surface area contributed by atoms with Gasteiger partial charge in [-0.05, 0) is 52.4 Å². The summed E-state index contributed by atoms with van der Waals surface area (Å²) in [5, 5.41) is 14.0. The first kappa shape index (κ1) is 26.0. The molecule has 3 aromatic rings. The Bertz CT molecular complexity index is 925. The van der Waals surface area contributed by atoms with Gasteiger partial charge in [0.05, 0.1) is 0 Å². The molecule has 0 unspecified atom stereocenters. The predicted molar refractivity (Wildman–Crippen MR) is 126 cm³/mol. The Hall–Kier alpha value is -2.99. The lowest BCUT2D eigenvalue weighted by molar-refractivity contribution is -0.107. The van der Waals surface area contributed by atoms with Gasteiger partial charge in [-0.1, -0.05) is 55.5 Å². The van der Waals surface area contributed by atoms with Gasteiger partial charge in [-0.15, -0.1) is 0 Å². The van der Waals surface area contributed by atoms with Crippen molar-refractivity contribution in [3.05, 3.63) is 89.0 Å². The van der Waals surface area contributed by atoms with Gasteiger partial charge >= 0.3 is 0 Å². The molecule has 5 heteroatoms. The van der Waals surface area contributed by atoms with Crippen molar-refractivity contribution in [3.8, 4) is 16.9 Å². The van der Waals surface area contributed by atoms with E-state index in [1.54, 1.807) is 0 Å². The largest absolute Gasteiger partial charge is 0.489 e. The highest BCUT2D eigenvalue weighted by Crippen LogP contribution is 2.25. The van der Waals surface area contributed by atoms with Crippen LogP contribution in [0, 0.1) is 0 Å². The summed E-state index contributed by atoms with van der Waals surface area (Å²) in [7, 11) is 2.00. The molecule has 3 rings (SSSR count). The smallest absolute Gasteiger partial charge is 0.124 e. The third-order valence-electron chi connectivity index (χ3n) is 4.63. The molecule has 0 aliphatic heterocycles. The second-order valence-corrected chi connectivity index (χ2v) is 6.56. The minimum Gasteiger partial charge on any atom is -0.489 e. The summed E-state index contributed by atoms with van der Waals surface area (Å²) in [4.78, 5) is 10.9. The number of aliphatic hydroxyl groups excluding tert-OH is 2. The van der Waals surface area contributed by atoms with E-state index in [9.17, 15) is 4.79 Å². The summed E-state index contributed by atoms with van der Waals surface area (Å²) < 4.78 is 6.03. The first-order chi connectivity index (χ1) is 15.2. The highest BCUT2D eigenvalue weighted by molar-refractivity contribution is 5.66. The van der Waals surface area contributed by atoms with Crippen LogP contribution in [0.15, 0.2) is 66.7 Å². The number of ether oxygens (including phenoxy) is 1. The molecule has 3 aromatic carbocycles. The Morgan fingerprint density at radius 3 is 2.19 bits per heavy atom. The number of aldehydes is 1. The van der Waals surface area contributed by atoms with Gasteiger partial charge in [0.15, 0.2) is 0 Å². The quantitative estimate of drug-likeness (QED) is 0.478. The van der Waals surface area contributed by atoms with Crippen LogP contribution < -0.4 is 10.5 Å². The van der Waals surface area contributed by atoms with Gasteiger partial charge in [-0.25, -0.2) is 0 Å². The first-order valence-electron chi connectivity index (χ1n) is 10.2. The maximum Gasteiger partial charge on any atom is 0.124 e. The molecule has 4 N–H and O–H groups in total. The van der Waals surface area contributed by atoms with Crippen LogP contribution in [0.25, 0.3) is 11.1 Å². The van der Waals surface area contributed by atoms with Crippen LogP contribution in [-0.2, 0) is 30.8 Å². The van der Waals surface area contributed by atoms with E-state index in [1.165, 1.54) is 11.1 Å². The standard InChI is InChI=1S/C24H25NO2.2CH4O/c1-2-18-12-20(17-27-24-9-4-3-7-21(24)10-11-26)15-23(13-18)22-8-5-6-19(14-22)16-25;2*1-2/h3-9,11-15H,2,10,16-17,25H2,1H3;2*2H,1H3. The van der Waals surface area contributed by atoms with Gasteiger partial charge in [-0.2, -0.15) is 0 Å². The number of para-hydroxylation sites is 1. The van der Waals surface area contributed by atoms with Gasteiger partial charge in [-0.3, -0.25) is 0 Å². The molecule has 0 atom stereocenters. The molecule has 0 radical (unpaired) electrons. The number of hydrogen-bond donors (Lipinski definition) is 3. The van der Waals surface area contributed by atoms with Crippen molar-refractivity contribution in [1.29, 1.82) is 0 Å². The van der Waals surface area contributed by atoms with Gasteiger partial charge < -0.3 is 25.5 Å². The lowest BCUT2D eigenvalue weighted by atomic mass is 9.97. The van der Waals surface area contributed by atoms with Crippen LogP contribution in [0.3, 0.4) is 0 Å². The molecule has 0 heterocycles. The minimum absolute atomic E-state index is 0.363. The van der Waals surface area contributed by atoms with Gasteiger partial charge in [0.2, 0.25) is 0 Å². The Kier molecular flexibility index (Phi) is 12.5. The Balaban J connectivity index is 0.00000113. The highest BCUT2D eigenvalue weighted by Gasteiger charge is 2.07. The Morgan fingerprint density at radius 1 is 0.839 bits per heavy atom. The fraction of sp³-hybridized carbons (Fsp3) is 0.269. The Labute approximate surface area is 185 Å². The maximum atomic E-state index is 10.9. The molecule has 0 aliphatic carbocycles. The lowest BCUT2D eigenvalue weighted by Gasteiger charge is -2.13. The van der Waals surface area contributed by atoms with E-state index in [1.807, 2.05) is 36.4 Å². The molecule has 0 fully saturated rings. The van der Waals surface area contributed by atoms with Crippen LogP contribution in [0.4, 0.5) is 0 Å². The molecule has 0 bridgehead atoms. The number of carbonyl (C=O) groups excluding carboxylic acids is 1. The van der Waals surface area contributed by atoms with E-state index >= 15 is 0 Å². The fourth-order valence-electron chi connectivity index (χ4n) is 3.16. The zero-order valence-corrected chi connectivity index (χ0v) is 18.5. The normalized spacial score (nSPS) is 9.61. The summed E-state index contributed by atoms with van der Waals surface area (Å²) in [5.41, 5.74) is 12.5. The second kappa shape index (κ2) is 14.9. The number of carbonyl (C=O) groups is 1. The number of nitrogens with two attached hydrogens (primary N) is 1. The molecule has 0 spiro atoms. The van der Waals surface area contributed by atoms with E-state index in [-0.39, 0.29) is 0 Å². The summed E-state index contributed by atoms with van der Waals surface area (Å²) in [6.45, 7) is 3.15. The molecule has 0 saturated heterocycles. The molecule has 0 amide bonds. The van der Waals surface area contributed by atoms with E-state index in [4.69, 9.17) is 20.7 Å². The molecular weight excluding hydrogens is 390 g/mol. The number of benzene rings is 3. The monoisotopic (exact) mass is 423 g/mol. The molecule has 0 aliphatic rings. The Morgan fingerprint density at radius 2 is 1.52 bits per heavy atom. The van der Waals surface area contributed by atoms with E-state index in [0.717, 1.165) is 54.9 Å². The van der Waals surface area contributed by atoms with Crippen molar-refractivity contribution in [2.24, 2.45) is 5.73 Å². The van der Waals surface area contributed by atoms with Crippen molar-refractivity contribution < 1.29 is 19.7 Å². The van der Waals surface area contributed by atoms with Crippen molar-refractivity contribution >= 4 is 6.29 Å². The summed E-state index contributed by atoms with van der Waals surface area (Å²) in [6, 6.07) is 22.6. The van der Waals surface area contributed by atoms with Crippen molar-refractivity contribution in [2.75, 3.05) is 14.2 Å². The van der Waals surface area contributed by atoms with Gasteiger partial charge in [0.1, 0.15) is 18.6 Å². The van der Waals surface area contributed by atoms with E-state index in [0.29, 0.717) is 19.6 Å². The van der Waals surface area contributed by atoms with E-state index in [2.05, 4.69) is 37.3 Å². The van der Waals surface area contributed by atoms with Crippen molar-refractivity contribution in [1.82, 2.24) is 0 Å². The topological polar surface area (TPSA) is 92.8 Å². The zero-order valence-electron chi connectivity index (χ0n) is 18.5. The lowest BCUT2D eigenvalue weighted by Crippen LogP contribution is -2.01. The third-order valence-corrected chi connectivity index (χ3v) is 4.63. The third kappa shape index (κ3) is 7.98. The molecule has 5 nitrogen and oxygen atoms in total. The van der Waals surface area contributed by atoms with Crippen LogP contribution in [0.1, 0.15) is 29.2 Å². The maximum absolute atomic E-state index is 10.9. The molecule has 166 valence electrons. The van der Waals surface area contributed by atoms with Crippen LogP contribution >= 0.6 is 0 Å². The van der Waals surface area contributed by atoms with Gasteiger partial charge in [0.25, 0.3) is 0 Å².